The summed E-state index contributed by atoms with van der Waals surface area (Å²) in [6.45, 7) is 6.36. The molecule has 2 aromatic heterocycles. The van der Waals surface area contributed by atoms with Crippen LogP contribution in [0.1, 0.15) is 17.0 Å². The predicted molar refractivity (Wildman–Crippen MR) is 71.3 cm³/mol. The van der Waals surface area contributed by atoms with Crippen LogP contribution in [-0.2, 0) is 13.1 Å². The first-order valence-corrected chi connectivity index (χ1v) is 6.24. The molecule has 8 nitrogen and oxygen atoms in total. The first kappa shape index (κ1) is 14.2. The van der Waals surface area contributed by atoms with Crippen LogP contribution in [0.15, 0.2) is 12.4 Å². The van der Waals surface area contributed by atoms with Crippen LogP contribution in [0.4, 0.5) is 5.69 Å². The highest BCUT2D eigenvalue weighted by Crippen LogP contribution is 2.12. The van der Waals surface area contributed by atoms with Gasteiger partial charge in [-0.15, -0.1) is 0 Å². The molecule has 0 aromatic carbocycles. The van der Waals surface area contributed by atoms with Crippen molar-refractivity contribution in [2.45, 2.75) is 40.0 Å². The first-order chi connectivity index (χ1) is 9.38. The minimum Gasteiger partial charge on any atom is -0.389 e. The largest absolute Gasteiger partial charge is 0.389 e. The molecule has 0 spiro atoms. The van der Waals surface area contributed by atoms with Crippen LogP contribution >= 0.6 is 0 Å². The molecule has 1 atom stereocenters. The fourth-order valence-corrected chi connectivity index (χ4v) is 1.98. The molecule has 1 unspecified atom stereocenters. The smallest absolute Gasteiger partial charge is 0.306 e. The van der Waals surface area contributed by atoms with E-state index < -0.39 is 11.0 Å². The van der Waals surface area contributed by atoms with Crippen LogP contribution in [0.5, 0.6) is 0 Å². The van der Waals surface area contributed by atoms with Crippen molar-refractivity contribution in [3.05, 3.63) is 39.5 Å². The fraction of sp³-hybridized carbons (Fsp3) is 0.500. The quantitative estimate of drug-likeness (QED) is 0.649. The second-order valence-corrected chi connectivity index (χ2v) is 4.81. The number of hydrogen-bond acceptors (Lipinski definition) is 5. The third-order valence-corrected chi connectivity index (χ3v) is 3.36. The Balaban J connectivity index is 2.02. The van der Waals surface area contributed by atoms with Gasteiger partial charge in [-0.1, -0.05) is 0 Å². The summed E-state index contributed by atoms with van der Waals surface area (Å²) in [7, 11) is 0. The van der Waals surface area contributed by atoms with E-state index in [4.69, 9.17) is 0 Å². The standard InChI is InChI=1S/C12H17N5O3/c1-8-9(2)14-16(10(8)3)7-12(18)6-15-5-11(4-13-15)17(19)20/h4-5,12,18H,6-7H2,1-3H3. The minimum absolute atomic E-state index is 0.0841. The van der Waals surface area contributed by atoms with Gasteiger partial charge in [-0.25, -0.2) is 0 Å². The van der Waals surface area contributed by atoms with Gasteiger partial charge < -0.3 is 5.11 Å². The van der Waals surface area contributed by atoms with E-state index in [1.807, 2.05) is 20.8 Å². The van der Waals surface area contributed by atoms with Crippen LogP contribution < -0.4 is 0 Å². The highest BCUT2D eigenvalue weighted by molar-refractivity contribution is 5.22. The van der Waals surface area contributed by atoms with Gasteiger partial charge in [0.15, 0.2) is 0 Å². The Bertz CT molecular complexity index is 631. The molecule has 0 bridgehead atoms. The molecule has 8 heteroatoms. The molecule has 2 rings (SSSR count). The van der Waals surface area contributed by atoms with Crippen LogP contribution in [0.25, 0.3) is 0 Å². The number of aliphatic hydroxyl groups excluding tert-OH is 1. The Hall–Kier alpha value is -2.22. The molecule has 0 saturated carbocycles. The molecule has 0 amide bonds. The lowest BCUT2D eigenvalue weighted by molar-refractivity contribution is -0.385. The Kier molecular flexibility index (Phi) is 3.84. The van der Waals surface area contributed by atoms with Crippen molar-refractivity contribution < 1.29 is 10.0 Å². The summed E-state index contributed by atoms with van der Waals surface area (Å²) in [4.78, 5) is 10.0. The molecule has 0 aliphatic rings. The van der Waals surface area contributed by atoms with E-state index in [0.29, 0.717) is 6.54 Å². The molecule has 108 valence electrons. The van der Waals surface area contributed by atoms with Crippen molar-refractivity contribution in [3.63, 3.8) is 0 Å². The van der Waals surface area contributed by atoms with Crippen LogP contribution in [0.3, 0.4) is 0 Å². The van der Waals surface area contributed by atoms with E-state index >= 15 is 0 Å². The van der Waals surface area contributed by atoms with Gasteiger partial charge >= 0.3 is 5.69 Å². The van der Waals surface area contributed by atoms with Crippen LogP contribution in [-0.4, -0.2) is 35.7 Å². The maximum atomic E-state index is 10.6. The summed E-state index contributed by atoms with van der Waals surface area (Å²) >= 11 is 0. The molecular formula is C12H17N5O3. The van der Waals surface area contributed by atoms with Gasteiger partial charge in [0.25, 0.3) is 0 Å². The third-order valence-electron chi connectivity index (χ3n) is 3.36. The first-order valence-electron chi connectivity index (χ1n) is 6.24. The van der Waals surface area contributed by atoms with Gasteiger partial charge in [0.05, 0.1) is 29.8 Å². The van der Waals surface area contributed by atoms with Gasteiger partial charge in [0.1, 0.15) is 12.4 Å². The molecule has 2 heterocycles. The van der Waals surface area contributed by atoms with Crippen LogP contribution in [0, 0.1) is 30.9 Å². The number of nitro groups is 1. The zero-order valence-electron chi connectivity index (χ0n) is 11.6. The minimum atomic E-state index is -0.716. The van der Waals surface area contributed by atoms with Crippen molar-refractivity contribution in [1.82, 2.24) is 19.6 Å². The highest BCUT2D eigenvalue weighted by atomic mass is 16.6. The summed E-state index contributed by atoms with van der Waals surface area (Å²) in [6, 6.07) is 0. The second kappa shape index (κ2) is 5.41. The summed E-state index contributed by atoms with van der Waals surface area (Å²) in [6.07, 6.45) is 1.75. The lowest BCUT2D eigenvalue weighted by Gasteiger charge is -2.12. The number of aliphatic hydroxyl groups is 1. The summed E-state index contributed by atoms with van der Waals surface area (Å²) in [5.41, 5.74) is 2.96. The normalized spacial score (nSPS) is 12.6. The Labute approximate surface area is 115 Å². The van der Waals surface area contributed by atoms with Gasteiger partial charge in [-0.2, -0.15) is 10.2 Å². The van der Waals surface area contributed by atoms with E-state index in [0.717, 1.165) is 17.0 Å². The number of nitrogens with zero attached hydrogens (tertiary/aromatic N) is 5. The number of aryl methyl sites for hydroxylation is 1. The van der Waals surface area contributed by atoms with Gasteiger partial charge in [-0.05, 0) is 26.3 Å². The maximum absolute atomic E-state index is 10.6. The van der Waals surface area contributed by atoms with E-state index in [9.17, 15) is 15.2 Å². The lowest BCUT2D eigenvalue weighted by atomic mass is 10.2. The molecule has 20 heavy (non-hydrogen) atoms. The van der Waals surface area contributed by atoms with Gasteiger partial charge in [-0.3, -0.25) is 19.5 Å². The van der Waals surface area contributed by atoms with E-state index in [1.165, 1.54) is 17.1 Å². The van der Waals surface area contributed by atoms with Crippen molar-refractivity contribution >= 4 is 5.69 Å². The second-order valence-electron chi connectivity index (χ2n) is 4.81. The molecule has 2 aromatic rings. The molecule has 0 aliphatic heterocycles. The van der Waals surface area contributed by atoms with Crippen molar-refractivity contribution in [1.29, 1.82) is 0 Å². The van der Waals surface area contributed by atoms with Gasteiger partial charge in [0, 0.05) is 5.69 Å². The van der Waals surface area contributed by atoms with Crippen molar-refractivity contribution in [2.24, 2.45) is 0 Å². The fourth-order valence-electron chi connectivity index (χ4n) is 1.98. The molecule has 0 fully saturated rings. The summed E-state index contributed by atoms with van der Waals surface area (Å²) in [5.74, 6) is 0. The SMILES string of the molecule is Cc1nn(CC(O)Cn2cc([N+](=O)[O-])cn2)c(C)c1C. The topological polar surface area (TPSA) is 99.0 Å². The maximum Gasteiger partial charge on any atom is 0.306 e. The Morgan fingerprint density at radius 2 is 2.10 bits per heavy atom. The molecule has 0 radical (unpaired) electrons. The zero-order valence-corrected chi connectivity index (χ0v) is 11.6. The van der Waals surface area contributed by atoms with E-state index in [-0.39, 0.29) is 12.2 Å². The van der Waals surface area contributed by atoms with Gasteiger partial charge in [0.2, 0.25) is 0 Å². The average Bonchev–Trinajstić information content (AvgIpc) is 2.92. The van der Waals surface area contributed by atoms with Crippen LogP contribution in [0.2, 0.25) is 0 Å². The highest BCUT2D eigenvalue weighted by Gasteiger charge is 2.14. The average molecular weight is 279 g/mol. The Morgan fingerprint density at radius 3 is 2.60 bits per heavy atom. The van der Waals surface area contributed by atoms with Crippen molar-refractivity contribution in [3.8, 4) is 0 Å². The molecule has 1 N–H and O–H groups in total. The zero-order chi connectivity index (χ0) is 14.9. The molecule has 0 saturated heterocycles. The van der Waals surface area contributed by atoms with E-state index in [1.54, 1.807) is 4.68 Å². The number of hydrogen-bond donors (Lipinski definition) is 1. The molecular weight excluding hydrogens is 262 g/mol. The molecule has 0 aliphatic carbocycles. The number of aromatic nitrogens is 4. The van der Waals surface area contributed by atoms with E-state index in [2.05, 4.69) is 10.2 Å². The number of rotatable bonds is 5. The lowest BCUT2D eigenvalue weighted by Crippen LogP contribution is -2.23. The Morgan fingerprint density at radius 1 is 1.40 bits per heavy atom. The van der Waals surface area contributed by atoms with Crippen molar-refractivity contribution in [2.75, 3.05) is 0 Å². The summed E-state index contributed by atoms with van der Waals surface area (Å²) < 4.78 is 3.11. The third kappa shape index (κ3) is 2.85. The predicted octanol–water partition coefficient (Wildman–Crippen LogP) is 0.974. The monoisotopic (exact) mass is 279 g/mol. The summed E-state index contributed by atoms with van der Waals surface area (Å²) in [5, 5.41) is 28.8.